The molecule has 6 aliphatic rings. The summed E-state index contributed by atoms with van der Waals surface area (Å²) in [5.41, 5.74) is 25.5. The molecule has 4 heterocycles. The van der Waals surface area contributed by atoms with Gasteiger partial charge >= 0.3 is 0 Å². The molecule has 4 nitrogen and oxygen atoms in total. The van der Waals surface area contributed by atoms with Crippen LogP contribution in [0.3, 0.4) is 0 Å². The number of hydrogen-bond donors (Lipinski definition) is 0. The SMILES string of the molecule is Cc1ccc2c(c1)C1(c3ccccc3)CCCCC1(C)N2c1ccc2c(c1)B1c3ccccc3N(c3ccccc3)c3cc(N4c5ccc(C(C)(C)C)cc5C5(c6ccccc6)CCCCC45C)cc(c31)N2c1ccc(C(C)(C)C)cc1. The zero-order chi connectivity index (χ0) is 56.1. The maximum Gasteiger partial charge on any atom is 0.252 e. The molecule has 15 rings (SSSR count). The predicted octanol–water partition coefficient (Wildman–Crippen LogP) is 18.2. The van der Waals surface area contributed by atoms with E-state index >= 15 is 0 Å². The second kappa shape index (κ2) is 18.1. The average Bonchev–Trinajstić information content (AvgIpc) is 1.57. The van der Waals surface area contributed by atoms with Crippen LogP contribution in [0.2, 0.25) is 0 Å². The van der Waals surface area contributed by atoms with E-state index < -0.39 is 0 Å². The van der Waals surface area contributed by atoms with Crippen molar-refractivity contribution >= 4 is 80.0 Å². The third kappa shape index (κ3) is 7.04. The molecule has 9 aromatic carbocycles. The van der Waals surface area contributed by atoms with Gasteiger partial charge in [0.2, 0.25) is 0 Å². The fraction of sp³-hybridized carbons (Fsp3) is 0.299. The lowest BCUT2D eigenvalue weighted by molar-refractivity contribution is 0.215. The van der Waals surface area contributed by atoms with E-state index in [9.17, 15) is 0 Å². The Morgan fingerprint density at radius 3 is 1.40 bits per heavy atom. The van der Waals surface area contributed by atoms with Gasteiger partial charge < -0.3 is 19.6 Å². The summed E-state index contributed by atoms with van der Waals surface area (Å²) in [4.78, 5) is 10.9. The second-order valence-electron chi connectivity index (χ2n) is 27.6. The van der Waals surface area contributed by atoms with Crippen LogP contribution >= 0.6 is 0 Å². The molecule has 9 aromatic rings. The zero-order valence-corrected chi connectivity index (χ0v) is 49.7. The van der Waals surface area contributed by atoms with Gasteiger partial charge in [-0.1, -0.05) is 206 Å². The Labute approximate surface area is 488 Å². The summed E-state index contributed by atoms with van der Waals surface area (Å²) in [6.45, 7) is 21.6. The molecule has 0 amide bonds. The first-order valence-electron chi connectivity index (χ1n) is 30.7. The number of hydrogen-bond acceptors (Lipinski definition) is 4. The van der Waals surface area contributed by atoms with Crippen molar-refractivity contribution in [2.24, 2.45) is 0 Å². The van der Waals surface area contributed by atoms with Gasteiger partial charge in [-0.3, -0.25) is 0 Å². The molecular formula is C77H77BN4. The van der Waals surface area contributed by atoms with Gasteiger partial charge in [-0.15, -0.1) is 0 Å². The highest BCUT2D eigenvalue weighted by molar-refractivity contribution is 7.00. The third-order valence-corrected chi connectivity index (χ3v) is 21.2. The quantitative estimate of drug-likeness (QED) is 0.154. The summed E-state index contributed by atoms with van der Waals surface area (Å²) in [5, 5.41) is 0. The number of benzene rings is 9. The lowest BCUT2D eigenvalue weighted by atomic mass is 9.33. The molecule has 5 heteroatoms. The monoisotopic (exact) mass is 1070 g/mol. The van der Waals surface area contributed by atoms with Crippen LogP contribution in [0.4, 0.5) is 56.9 Å². The Morgan fingerprint density at radius 2 is 0.817 bits per heavy atom. The maximum absolute atomic E-state index is 2.84. The minimum Gasteiger partial charge on any atom is -0.334 e. The molecule has 2 saturated carbocycles. The van der Waals surface area contributed by atoms with Crippen LogP contribution in [0.1, 0.15) is 146 Å². The Morgan fingerprint density at radius 1 is 0.366 bits per heavy atom. The zero-order valence-electron chi connectivity index (χ0n) is 49.7. The molecule has 0 saturated heterocycles. The van der Waals surface area contributed by atoms with E-state index in [1.54, 1.807) is 0 Å². The molecule has 0 radical (unpaired) electrons. The van der Waals surface area contributed by atoms with Gasteiger partial charge in [-0.25, -0.2) is 0 Å². The Bertz CT molecular complexity index is 3990. The first-order chi connectivity index (χ1) is 39.6. The molecule has 0 N–H and O–H groups in total. The number of anilines is 10. The number of rotatable bonds is 6. The van der Waals surface area contributed by atoms with Crippen LogP contribution in [-0.4, -0.2) is 17.8 Å². The lowest BCUT2D eigenvalue weighted by Gasteiger charge is -2.53. The maximum atomic E-state index is 2.84. The minimum atomic E-state index is -0.272. The molecule has 408 valence electrons. The first kappa shape index (κ1) is 51.1. The molecule has 0 spiro atoms. The van der Waals surface area contributed by atoms with E-state index in [0.29, 0.717) is 0 Å². The van der Waals surface area contributed by atoms with Crippen molar-refractivity contribution in [1.29, 1.82) is 0 Å². The van der Waals surface area contributed by atoms with Crippen LogP contribution < -0.4 is 36.0 Å². The minimum absolute atomic E-state index is 0.00274. The number of para-hydroxylation sites is 2. The van der Waals surface area contributed by atoms with E-state index in [4.69, 9.17) is 0 Å². The van der Waals surface area contributed by atoms with Crippen LogP contribution in [0.15, 0.2) is 206 Å². The highest BCUT2D eigenvalue weighted by Crippen LogP contribution is 2.66. The predicted molar refractivity (Wildman–Crippen MR) is 348 cm³/mol. The second-order valence-corrected chi connectivity index (χ2v) is 27.6. The number of aryl methyl sites for hydroxylation is 1. The van der Waals surface area contributed by atoms with Crippen LogP contribution in [0.5, 0.6) is 0 Å². The van der Waals surface area contributed by atoms with Crippen LogP contribution in [0.25, 0.3) is 0 Å². The highest BCUT2D eigenvalue weighted by Gasteiger charge is 2.63. The highest BCUT2D eigenvalue weighted by atomic mass is 15.3. The summed E-state index contributed by atoms with van der Waals surface area (Å²) >= 11 is 0. The molecule has 2 aliphatic carbocycles. The van der Waals surface area contributed by atoms with Crippen LogP contribution in [0, 0.1) is 6.92 Å². The Hall–Kier alpha value is -7.76. The number of fused-ring (bicyclic) bond motifs is 10. The van der Waals surface area contributed by atoms with Gasteiger partial charge in [-0.2, -0.15) is 0 Å². The summed E-state index contributed by atoms with van der Waals surface area (Å²) in [6, 6.07) is 81.0. The largest absolute Gasteiger partial charge is 0.334 e. The van der Waals surface area contributed by atoms with Crippen molar-refractivity contribution in [1.82, 2.24) is 0 Å². The first-order valence-corrected chi connectivity index (χ1v) is 30.7. The van der Waals surface area contributed by atoms with E-state index in [-0.39, 0.29) is 39.5 Å². The molecule has 4 aliphatic heterocycles. The molecule has 4 atom stereocenters. The van der Waals surface area contributed by atoms with E-state index in [1.165, 1.54) is 138 Å². The fourth-order valence-corrected chi connectivity index (χ4v) is 17.3. The average molecular weight is 1070 g/mol. The van der Waals surface area contributed by atoms with Crippen molar-refractivity contribution in [3.05, 3.63) is 245 Å². The van der Waals surface area contributed by atoms with Gasteiger partial charge in [0.1, 0.15) is 0 Å². The molecule has 0 bridgehead atoms. The summed E-state index contributed by atoms with van der Waals surface area (Å²) in [5.74, 6) is 0. The Balaban J connectivity index is 1.02. The van der Waals surface area contributed by atoms with E-state index in [0.717, 1.165) is 25.7 Å². The molecular weight excluding hydrogens is 992 g/mol. The summed E-state index contributed by atoms with van der Waals surface area (Å²) in [7, 11) is 0. The van der Waals surface area contributed by atoms with Crippen molar-refractivity contribution in [3.63, 3.8) is 0 Å². The van der Waals surface area contributed by atoms with Crippen molar-refractivity contribution in [2.45, 2.75) is 146 Å². The fourth-order valence-electron chi connectivity index (χ4n) is 17.3. The Kier molecular flexibility index (Phi) is 11.3. The van der Waals surface area contributed by atoms with Gasteiger partial charge in [0.25, 0.3) is 6.71 Å². The standard InChI is InChI=1S/C77H77BN4/c1-52-33-40-65-61(47-52)76(54-25-13-10-14-26-54)45-23-21-43-74(76,8)81(65)59-39-42-68-64(49-59)78-63-31-19-20-32-67(63)79(57-29-17-12-18-30-57)69-50-60(51-70(71(69)78)80(68)58-37-34-53(35-38-58)72(2,3)4)82-66-41-36-56(73(5,6)7)48-62(66)77(55-27-15-11-16-28-55)46-24-22-44-75(77,82)9/h10-20,25-42,47-51H,21-24,43-46H2,1-9H3. The third-order valence-electron chi connectivity index (χ3n) is 21.2. The van der Waals surface area contributed by atoms with Gasteiger partial charge in [0.15, 0.2) is 0 Å². The van der Waals surface area contributed by atoms with E-state index in [2.05, 4.69) is 288 Å². The van der Waals surface area contributed by atoms with E-state index in [1.807, 2.05) is 0 Å². The van der Waals surface area contributed by atoms with Gasteiger partial charge in [-0.05, 0) is 180 Å². The number of nitrogens with zero attached hydrogens (tertiary/aromatic N) is 4. The van der Waals surface area contributed by atoms with Gasteiger partial charge in [0, 0.05) is 67.7 Å². The lowest BCUT2D eigenvalue weighted by Crippen LogP contribution is -2.62. The van der Waals surface area contributed by atoms with Crippen LogP contribution in [-0.2, 0) is 21.7 Å². The topological polar surface area (TPSA) is 13.0 Å². The molecule has 82 heavy (non-hydrogen) atoms. The molecule has 2 fully saturated rings. The molecule has 0 aromatic heterocycles. The van der Waals surface area contributed by atoms with Crippen molar-refractivity contribution in [2.75, 3.05) is 19.6 Å². The normalized spacial score (nSPS) is 23.1. The van der Waals surface area contributed by atoms with Crippen molar-refractivity contribution in [3.8, 4) is 0 Å². The smallest absolute Gasteiger partial charge is 0.252 e. The van der Waals surface area contributed by atoms with Gasteiger partial charge in [0.05, 0.1) is 11.1 Å². The summed E-state index contributed by atoms with van der Waals surface area (Å²) < 4.78 is 0. The molecule has 4 unspecified atom stereocenters. The summed E-state index contributed by atoms with van der Waals surface area (Å²) in [6.07, 6.45) is 9.20. The van der Waals surface area contributed by atoms with Crippen molar-refractivity contribution < 1.29 is 0 Å².